The number of Topliss-reactive ketones (excluding diaryl/α,β-unsaturated/α-hetero) is 1. The molecular formula is C17H17NO. The quantitative estimate of drug-likeness (QED) is 0.586. The first kappa shape index (κ1) is 13.2. The van der Waals surface area contributed by atoms with Crippen LogP contribution in [-0.2, 0) is 6.54 Å². The zero-order chi connectivity index (χ0) is 13.5. The Bertz CT molecular complexity index is 556. The van der Waals surface area contributed by atoms with Crippen LogP contribution in [0.4, 0.5) is 0 Å². The van der Waals surface area contributed by atoms with Crippen LogP contribution in [0.3, 0.4) is 0 Å². The molecule has 2 nitrogen and oxygen atoms in total. The topological polar surface area (TPSA) is 29.4 Å². The largest absolute Gasteiger partial charge is 0.294 e. The molecule has 0 aliphatic rings. The average molecular weight is 251 g/mol. The van der Waals surface area contributed by atoms with Crippen molar-refractivity contribution in [1.82, 2.24) is 0 Å². The fourth-order valence-electron chi connectivity index (χ4n) is 1.76. The lowest BCUT2D eigenvalue weighted by molar-refractivity contribution is 0.100. The number of hydrogen-bond acceptors (Lipinski definition) is 2. The molecule has 2 aromatic rings. The molecule has 96 valence electrons. The lowest BCUT2D eigenvalue weighted by Crippen LogP contribution is -1.99. The second kappa shape index (κ2) is 6.64. The van der Waals surface area contributed by atoms with E-state index in [1.165, 1.54) is 0 Å². The van der Waals surface area contributed by atoms with Crippen molar-refractivity contribution in [3.8, 4) is 0 Å². The Kier molecular flexibility index (Phi) is 4.62. The van der Waals surface area contributed by atoms with Crippen molar-refractivity contribution in [3.05, 3.63) is 71.3 Å². The lowest BCUT2D eigenvalue weighted by Gasteiger charge is -1.98. The van der Waals surface area contributed by atoms with E-state index in [0.717, 1.165) is 16.7 Å². The summed E-state index contributed by atoms with van der Waals surface area (Å²) in [5.74, 6) is 0.108. The van der Waals surface area contributed by atoms with E-state index in [9.17, 15) is 4.79 Å². The van der Waals surface area contributed by atoms with E-state index in [1.54, 1.807) is 6.21 Å². The minimum absolute atomic E-state index is 0.108. The molecule has 2 heteroatoms. The third kappa shape index (κ3) is 4.18. The zero-order valence-electron chi connectivity index (χ0n) is 11.0. The van der Waals surface area contributed by atoms with Crippen LogP contribution >= 0.6 is 0 Å². The number of rotatable bonds is 5. The second-order valence-corrected chi connectivity index (χ2v) is 4.50. The number of ketones is 1. The highest BCUT2D eigenvalue weighted by molar-refractivity contribution is 6.03. The highest BCUT2D eigenvalue weighted by atomic mass is 16.1. The number of benzene rings is 2. The molecule has 0 spiro atoms. The Morgan fingerprint density at radius 3 is 2.42 bits per heavy atom. The molecule has 0 atom stereocenters. The Labute approximate surface area is 113 Å². The number of hydrogen-bond donors (Lipinski definition) is 0. The summed E-state index contributed by atoms with van der Waals surface area (Å²) in [6.07, 6.45) is 2.06. The van der Waals surface area contributed by atoms with Gasteiger partial charge in [-0.05, 0) is 12.5 Å². The van der Waals surface area contributed by atoms with Gasteiger partial charge in [0.05, 0.1) is 6.54 Å². The van der Waals surface area contributed by atoms with Crippen molar-refractivity contribution in [2.45, 2.75) is 19.9 Å². The van der Waals surface area contributed by atoms with Gasteiger partial charge in [0.15, 0.2) is 5.78 Å². The smallest absolute Gasteiger partial charge is 0.168 e. The first-order valence-corrected chi connectivity index (χ1v) is 6.38. The number of aliphatic imine (C=N–C) groups is 1. The standard InChI is InChI=1S/C17H17NO/c1-14-7-9-16(10-8-14)17(19)11-12-18-13-15-5-3-2-4-6-15/h2-10,12H,11,13H2,1H3. The molecule has 0 heterocycles. The lowest BCUT2D eigenvalue weighted by atomic mass is 10.1. The van der Waals surface area contributed by atoms with Crippen LogP contribution in [0.5, 0.6) is 0 Å². The zero-order valence-corrected chi connectivity index (χ0v) is 11.0. The Balaban J connectivity index is 1.85. The van der Waals surface area contributed by atoms with Crippen molar-refractivity contribution in [3.63, 3.8) is 0 Å². The monoisotopic (exact) mass is 251 g/mol. The molecule has 0 N–H and O–H groups in total. The summed E-state index contributed by atoms with van der Waals surface area (Å²) < 4.78 is 0. The molecule has 19 heavy (non-hydrogen) atoms. The normalized spacial score (nSPS) is 10.8. The van der Waals surface area contributed by atoms with Gasteiger partial charge in [0, 0.05) is 18.2 Å². The van der Waals surface area contributed by atoms with Crippen molar-refractivity contribution in [2.75, 3.05) is 0 Å². The first-order chi connectivity index (χ1) is 9.25. The predicted molar refractivity (Wildman–Crippen MR) is 78.8 cm³/mol. The van der Waals surface area contributed by atoms with Gasteiger partial charge in [-0.2, -0.15) is 0 Å². The van der Waals surface area contributed by atoms with Crippen LogP contribution in [0.15, 0.2) is 59.6 Å². The van der Waals surface area contributed by atoms with Crippen LogP contribution in [0.1, 0.15) is 27.9 Å². The fraction of sp³-hybridized carbons (Fsp3) is 0.176. The molecule has 0 aromatic heterocycles. The molecule has 0 unspecified atom stereocenters. The molecule has 0 aliphatic carbocycles. The van der Waals surface area contributed by atoms with Crippen molar-refractivity contribution in [2.24, 2.45) is 4.99 Å². The maximum atomic E-state index is 11.9. The molecule has 0 aliphatic heterocycles. The Hall–Kier alpha value is -2.22. The molecule has 0 amide bonds. The SMILES string of the molecule is Cc1ccc(C(=O)CC=NCc2ccccc2)cc1. The van der Waals surface area contributed by atoms with Crippen LogP contribution in [0, 0.1) is 6.92 Å². The predicted octanol–water partition coefficient (Wildman–Crippen LogP) is 3.84. The molecule has 0 saturated carbocycles. The maximum absolute atomic E-state index is 11.9. The number of aryl methyl sites for hydroxylation is 1. The van der Waals surface area contributed by atoms with Crippen LogP contribution in [0.2, 0.25) is 0 Å². The van der Waals surface area contributed by atoms with Gasteiger partial charge in [-0.15, -0.1) is 0 Å². The molecule has 2 aromatic carbocycles. The highest BCUT2D eigenvalue weighted by Crippen LogP contribution is 2.05. The summed E-state index contributed by atoms with van der Waals surface area (Å²) in [7, 11) is 0. The fourth-order valence-corrected chi connectivity index (χ4v) is 1.76. The van der Waals surface area contributed by atoms with E-state index in [0.29, 0.717) is 13.0 Å². The summed E-state index contributed by atoms with van der Waals surface area (Å²) in [5.41, 5.74) is 3.06. The van der Waals surface area contributed by atoms with Gasteiger partial charge in [-0.25, -0.2) is 0 Å². The van der Waals surface area contributed by atoms with E-state index >= 15 is 0 Å². The Morgan fingerprint density at radius 1 is 1.05 bits per heavy atom. The van der Waals surface area contributed by atoms with Crippen molar-refractivity contribution in [1.29, 1.82) is 0 Å². The van der Waals surface area contributed by atoms with E-state index in [4.69, 9.17) is 0 Å². The molecular weight excluding hydrogens is 234 g/mol. The molecule has 2 rings (SSSR count). The van der Waals surface area contributed by atoms with Gasteiger partial charge < -0.3 is 0 Å². The van der Waals surface area contributed by atoms with E-state index < -0.39 is 0 Å². The first-order valence-electron chi connectivity index (χ1n) is 6.38. The van der Waals surface area contributed by atoms with E-state index in [2.05, 4.69) is 4.99 Å². The molecule has 0 fully saturated rings. The summed E-state index contributed by atoms with van der Waals surface area (Å²) in [6.45, 7) is 2.64. The third-order valence-corrected chi connectivity index (χ3v) is 2.90. The van der Waals surface area contributed by atoms with Crippen LogP contribution in [-0.4, -0.2) is 12.0 Å². The van der Waals surface area contributed by atoms with Gasteiger partial charge in [0.1, 0.15) is 0 Å². The molecule has 0 saturated heterocycles. The van der Waals surface area contributed by atoms with Crippen LogP contribution in [0.25, 0.3) is 0 Å². The average Bonchev–Trinajstić information content (AvgIpc) is 2.45. The van der Waals surface area contributed by atoms with Gasteiger partial charge in [-0.1, -0.05) is 60.2 Å². The highest BCUT2D eigenvalue weighted by Gasteiger charge is 2.02. The second-order valence-electron chi connectivity index (χ2n) is 4.50. The number of nitrogens with zero attached hydrogens (tertiary/aromatic N) is 1. The number of carbonyl (C=O) groups is 1. The molecule has 0 radical (unpaired) electrons. The van der Waals surface area contributed by atoms with Gasteiger partial charge in [0.25, 0.3) is 0 Å². The van der Waals surface area contributed by atoms with E-state index in [1.807, 2.05) is 61.5 Å². The van der Waals surface area contributed by atoms with Gasteiger partial charge >= 0.3 is 0 Å². The third-order valence-electron chi connectivity index (χ3n) is 2.90. The summed E-state index contributed by atoms with van der Waals surface area (Å²) in [6, 6.07) is 17.6. The Morgan fingerprint density at radius 2 is 1.74 bits per heavy atom. The van der Waals surface area contributed by atoms with Gasteiger partial charge in [0.2, 0.25) is 0 Å². The minimum Gasteiger partial charge on any atom is -0.294 e. The van der Waals surface area contributed by atoms with E-state index in [-0.39, 0.29) is 5.78 Å². The van der Waals surface area contributed by atoms with Gasteiger partial charge in [-0.3, -0.25) is 9.79 Å². The van der Waals surface area contributed by atoms with Crippen molar-refractivity contribution >= 4 is 12.0 Å². The van der Waals surface area contributed by atoms with Crippen LogP contribution < -0.4 is 0 Å². The summed E-state index contributed by atoms with van der Waals surface area (Å²) in [4.78, 5) is 16.2. The minimum atomic E-state index is 0.108. The molecule has 0 bridgehead atoms. The summed E-state index contributed by atoms with van der Waals surface area (Å²) in [5, 5.41) is 0. The maximum Gasteiger partial charge on any atom is 0.168 e. The summed E-state index contributed by atoms with van der Waals surface area (Å²) >= 11 is 0. The number of carbonyl (C=O) groups excluding carboxylic acids is 1. The van der Waals surface area contributed by atoms with Crippen molar-refractivity contribution < 1.29 is 4.79 Å².